The molecule has 8 heteroatoms. The molecule has 0 saturated carbocycles. The molecule has 4 aromatic rings. The van der Waals surface area contributed by atoms with Crippen molar-refractivity contribution in [2.45, 2.75) is 25.4 Å². The summed E-state index contributed by atoms with van der Waals surface area (Å²) in [4.78, 5) is 14.0. The van der Waals surface area contributed by atoms with Crippen molar-refractivity contribution in [2.24, 2.45) is 0 Å². The first-order valence-corrected chi connectivity index (χ1v) is 10.5. The van der Waals surface area contributed by atoms with Crippen LogP contribution in [0.5, 0.6) is 0 Å². The lowest BCUT2D eigenvalue weighted by molar-refractivity contribution is 0.0956. The second kappa shape index (κ2) is 7.33. The summed E-state index contributed by atoms with van der Waals surface area (Å²) in [6, 6.07) is 11.6. The minimum Gasteiger partial charge on any atom is -0.378 e. The van der Waals surface area contributed by atoms with E-state index >= 15 is 0 Å². The molecule has 1 aromatic carbocycles. The Kier molecular flexibility index (Phi) is 4.66. The first kappa shape index (κ1) is 18.4. The maximum Gasteiger partial charge on any atom is 0.185 e. The van der Waals surface area contributed by atoms with Gasteiger partial charge in [0.05, 0.1) is 23.6 Å². The van der Waals surface area contributed by atoms with Crippen LogP contribution in [0.2, 0.25) is 5.02 Å². The Morgan fingerprint density at radius 3 is 2.76 bits per heavy atom. The number of benzene rings is 1. The molecule has 0 amide bonds. The first-order chi connectivity index (χ1) is 14.2. The standard InChI is InChI=1S/C21H17ClN4O2S/c1-28-11-15-19(12-4-6-14(22)7-5-12)21-24-23-20-16(26(21)25-15)9-13(10-17(20)27)18-3-2-8-29-18/h2-8,13H,9-11H2,1H3. The van der Waals surface area contributed by atoms with Crippen LogP contribution in [0.1, 0.15) is 39.1 Å². The van der Waals surface area contributed by atoms with Gasteiger partial charge in [0.25, 0.3) is 0 Å². The van der Waals surface area contributed by atoms with Crippen molar-refractivity contribution < 1.29 is 9.53 Å². The third-order valence-electron chi connectivity index (χ3n) is 5.20. The Morgan fingerprint density at radius 2 is 2.03 bits per heavy atom. The Balaban J connectivity index is 1.70. The SMILES string of the molecule is COCc1nn2c3c(nnc2c1-c1ccc(Cl)cc1)C(=O)CC(c1cccs1)C3. The summed E-state index contributed by atoms with van der Waals surface area (Å²) in [6.45, 7) is 0.332. The molecule has 3 aromatic heterocycles. The van der Waals surface area contributed by atoms with E-state index in [4.69, 9.17) is 21.4 Å². The molecule has 0 N–H and O–H groups in total. The zero-order valence-electron chi connectivity index (χ0n) is 15.6. The van der Waals surface area contributed by atoms with Crippen LogP contribution in [0.25, 0.3) is 16.8 Å². The summed E-state index contributed by atoms with van der Waals surface area (Å²) in [5.74, 6) is 0.146. The molecule has 0 bridgehead atoms. The molecule has 1 atom stereocenters. The van der Waals surface area contributed by atoms with E-state index in [2.05, 4.69) is 16.3 Å². The normalized spacial score (nSPS) is 16.3. The number of halogens is 1. The Hall–Kier alpha value is -2.61. The highest BCUT2D eigenvalue weighted by Crippen LogP contribution is 2.36. The molecule has 29 heavy (non-hydrogen) atoms. The number of ketones is 1. The van der Waals surface area contributed by atoms with Gasteiger partial charge in [0.1, 0.15) is 0 Å². The average molecular weight is 425 g/mol. The van der Waals surface area contributed by atoms with E-state index in [-0.39, 0.29) is 11.7 Å². The van der Waals surface area contributed by atoms with E-state index in [9.17, 15) is 4.79 Å². The number of hydrogen-bond donors (Lipinski definition) is 0. The quantitative estimate of drug-likeness (QED) is 0.480. The number of fused-ring (bicyclic) bond motifs is 3. The van der Waals surface area contributed by atoms with Gasteiger partial charge < -0.3 is 4.74 Å². The van der Waals surface area contributed by atoms with E-state index in [1.807, 2.05) is 35.7 Å². The first-order valence-electron chi connectivity index (χ1n) is 9.24. The topological polar surface area (TPSA) is 69.4 Å². The van der Waals surface area contributed by atoms with Gasteiger partial charge in [-0.1, -0.05) is 29.8 Å². The van der Waals surface area contributed by atoms with Gasteiger partial charge in [-0.2, -0.15) is 5.10 Å². The molecule has 0 radical (unpaired) electrons. The van der Waals surface area contributed by atoms with Crippen LogP contribution in [0, 0.1) is 0 Å². The Bertz CT molecular complexity index is 1200. The highest BCUT2D eigenvalue weighted by Gasteiger charge is 2.32. The highest BCUT2D eigenvalue weighted by molar-refractivity contribution is 7.10. The van der Waals surface area contributed by atoms with Crippen LogP contribution in [-0.4, -0.2) is 32.7 Å². The van der Waals surface area contributed by atoms with E-state index in [0.29, 0.717) is 35.8 Å². The van der Waals surface area contributed by atoms with Gasteiger partial charge in [0.15, 0.2) is 17.1 Å². The molecule has 1 aliphatic rings. The van der Waals surface area contributed by atoms with Crippen molar-refractivity contribution >= 4 is 34.4 Å². The fraction of sp³-hybridized carbons (Fsp3) is 0.238. The summed E-state index contributed by atoms with van der Waals surface area (Å²) in [5.41, 5.74) is 4.38. The van der Waals surface area contributed by atoms with E-state index in [1.54, 1.807) is 23.0 Å². The largest absolute Gasteiger partial charge is 0.378 e. The minimum atomic E-state index is 0.0101. The van der Waals surface area contributed by atoms with Crippen molar-refractivity contribution in [3.63, 3.8) is 0 Å². The number of ether oxygens (including phenoxy) is 1. The number of thiophene rings is 1. The van der Waals surface area contributed by atoms with Gasteiger partial charge in [-0.15, -0.1) is 21.5 Å². The molecule has 146 valence electrons. The van der Waals surface area contributed by atoms with Crippen molar-refractivity contribution in [3.8, 4) is 11.1 Å². The molecule has 0 fully saturated rings. The maximum absolute atomic E-state index is 12.8. The maximum atomic E-state index is 12.8. The number of carbonyl (C=O) groups is 1. The molecule has 0 saturated heterocycles. The number of aromatic nitrogens is 4. The lowest BCUT2D eigenvalue weighted by atomic mass is 9.87. The molecule has 0 aliphatic heterocycles. The lowest BCUT2D eigenvalue weighted by Gasteiger charge is -2.21. The summed E-state index contributed by atoms with van der Waals surface area (Å²) >= 11 is 7.73. The predicted octanol–water partition coefficient (Wildman–Crippen LogP) is 4.57. The number of hydrogen-bond acceptors (Lipinski definition) is 6. The Morgan fingerprint density at radius 1 is 1.21 bits per heavy atom. The smallest absolute Gasteiger partial charge is 0.185 e. The highest BCUT2D eigenvalue weighted by atomic mass is 35.5. The van der Waals surface area contributed by atoms with Crippen LogP contribution < -0.4 is 0 Å². The van der Waals surface area contributed by atoms with Crippen molar-refractivity contribution in [2.75, 3.05) is 7.11 Å². The summed E-state index contributed by atoms with van der Waals surface area (Å²) in [6.07, 6.45) is 1.14. The summed E-state index contributed by atoms with van der Waals surface area (Å²) < 4.78 is 7.15. The average Bonchev–Trinajstić information content (AvgIpc) is 3.37. The van der Waals surface area contributed by atoms with Gasteiger partial charge >= 0.3 is 0 Å². The predicted molar refractivity (Wildman–Crippen MR) is 112 cm³/mol. The molecule has 5 rings (SSSR count). The number of carbonyl (C=O) groups excluding carboxylic acids is 1. The van der Waals surface area contributed by atoms with Crippen LogP contribution in [0.3, 0.4) is 0 Å². The lowest BCUT2D eigenvalue weighted by Crippen LogP contribution is -2.23. The van der Waals surface area contributed by atoms with Crippen LogP contribution in [-0.2, 0) is 17.8 Å². The van der Waals surface area contributed by atoms with Gasteiger partial charge in [0, 0.05) is 35.8 Å². The number of nitrogens with zero attached hydrogens (tertiary/aromatic N) is 4. The monoisotopic (exact) mass is 424 g/mol. The van der Waals surface area contributed by atoms with Crippen LogP contribution >= 0.6 is 22.9 Å². The zero-order valence-corrected chi connectivity index (χ0v) is 17.2. The molecule has 1 aliphatic carbocycles. The van der Waals surface area contributed by atoms with E-state index in [1.165, 1.54) is 4.88 Å². The minimum absolute atomic E-state index is 0.0101. The second-order valence-corrected chi connectivity index (χ2v) is 8.45. The van der Waals surface area contributed by atoms with Crippen LogP contribution in [0.15, 0.2) is 41.8 Å². The van der Waals surface area contributed by atoms with E-state index < -0.39 is 0 Å². The van der Waals surface area contributed by atoms with Crippen molar-refractivity contribution in [1.82, 2.24) is 19.8 Å². The third-order valence-corrected chi connectivity index (χ3v) is 6.49. The summed E-state index contributed by atoms with van der Waals surface area (Å²) in [5, 5.41) is 16.1. The fourth-order valence-electron chi connectivity index (χ4n) is 3.89. The number of Topliss-reactive ketones (excluding diaryl/α,β-unsaturated/α-hetero) is 1. The second-order valence-electron chi connectivity index (χ2n) is 7.04. The van der Waals surface area contributed by atoms with Crippen molar-refractivity contribution in [1.29, 1.82) is 0 Å². The van der Waals surface area contributed by atoms with Gasteiger partial charge in [0.2, 0.25) is 0 Å². The van der Waals surface area contributed by atoms with Crippen LogP contribution in [0.4, 0.5) is 0 Å². The summed E-state index contributed by atoms with van der Waals surface area (Å²) in [7, 11) is 1.63. The zero-order chi connectivity index (χ0) is 20.0. The van der Waals surface area contributed by atoms with Gasteiger partial charge in [-0.05, 0) is 29.1 Å². The molecule has 0 spiro atoms. The Labute approximate surface area is 176 Å². The molecule has 3 heterocycles. The number of methoxy groups -OCH3 is 1. The fourth-order valence-corrected chi connectivity index (χ4v) is 4.85. The number of rotatable bonds is 4. The van der Waals surface area contributed by atoms with Crippen molar-refractivity contribution in [3.05, 3.63) is 68.8 Å². The molecular formula is C21H17ClN4O2S. The molecule has 6 nitrogen and oxygen atoms in total. The molecule has 1 unspecified atom stereocenters. The van der Waals surface area contributed by atoms with E-state index in [0.717, 1.165) is 22.5 Å². The van der Waals surface area contributed by atoms with Gasteiger partial charge in [-0.25, -0.2) is 4.52 Å². The molecular weight excluding hydrogens is 408 g/mol. The van der Waals surface area contributed by atoms with Gasteiger partial charge in [-0.3, -0.25) is 4.79 Å². The third kappa shape index (κ3) is 3.15.